The molecule has 0 bridgehead atoms. The lowest BCUT2D eigenvalue weighted by Gasteiger charge is -2.21. The summed E-state index contributed by atoms with van der Waals surface area (Å²) >= 11 is 3.30. The van der Waals surface area contributed by atoms with Gasteiger partial charge in [-0.05, 0) is 52.0 Å². The van der Waals surface area contributed by atoms with Gasteiger partial charge in [-0.25, -0.2) is 4.39 Å². The van der Waals surface area contributed by atoms with Gasteiger partial charge in [0.1, 0.15) is 5.82 Å². The van der Waals surface area contributed by atoms with Crippen LogP contribution in [0.4, 0.5) is 4.39 Å². The lowest BCUT2D eigenvalue weighted by molar-refractivity contribution is 0.0930. The lowest BCUT2D eigenvalue weighted by atomic mass is 9.96. The van der Waals surface area contributed by atoms with E-state index in [2.05, 4.69) is 35.1 Å². The molecule has 2 aromatic carbocycles. The second-order valence-electron chi connectivity index (χ2n) is 5.69. The monoisotopic (exact) mass is 363 g/mol. The molecule has 1 unspecified atom stereocenters. The third-order valence-electron chi connectivity index (χ3n) is 3.39. The van der Waals surface area contributed by atoms with Crippen molar-refractivity contribution >= 4 is 21.8 Å². The molecule has 0 fully saturated rings. The first-order valence-electron chi connectivity index (χ1n) is 7.28. The summed E-state index contributed by atoms with van der Waals surface area (Å²) in [6, 6.07) is 13.9. The number of nitrogens with one attached hydrogen (secondary N) is 1. The number of hydrogen-bond acceptors (Lipinski definition) is 1. The Labute approximate surface area is 138 Å². The average molecular weight is 364 g/mol. The van der Waals surface area contributed by atoms with E-state index < -0.39 is 5.82 Å². The summed E-state index contributed by atoms with van der Waals surface area (Å²) in [5.41, 5.74) is 1.36. The quantitative estimate of drug-likeness (QED) is 0.785. The zero-order chi connectivity index (χ0) is 16.1. The maximum Gasteiger partial charge on any atom is 0.253 e. The minimum Gasteiger partial charge on any atom is -0.345 e. The number of benzene rings is 2. The van der Waals surface area contributed by atoms with Crippen molar-refractivity contribution in [2.24, 2.45) is 5.92 Å². The number of amides is 1. The van der Waals surface area contributed by atoms with Crippen LogP contribution >= 0.6 is 15.9 Å². The largest absolute Gasteiger partial charge is 0.345 e. The molecular weight excluding hydrogens is 345 g/mol. The molecule has 0 heterocycles. The molecule has 2 aromatic rings. The van der Waals surface area contributed by atoms with Crippen molar-refractivity contribution < 1.29 is 9.18 Å². The van der Waals surface area contributed by atoms with E-state index in [0.29, 0.717) is 16.0 Å². The number of halogens is 2. The number of carbonyl (C=O) groups excluding carboxylic acids is 1. The van der Waals surface area contributed by atoms with Gasteiger partial charge in [0, 0.05) is 4.47 Å². The summed E-state index contributed by atoms with van der Waals surface area (Å²) in [6.07, 6.45) is 0.822. The molecule has 1 atom stereocenters. The highest BCUT2D eigenvalue weighted by atomic mass is 79.9. The molecule has 1 N–H and O–H groups in total. The molecule has 0 aromatic heterocycles. The molecule has 0 aliphatic heterocycles. The topological polar surface area (TPSA) is 29.1 Å². The Kier molecular flexibility index (Phi) is 5.72. The van der Waals surface area contributed by atoms with Crippen molar-refractivity contribution in [3.8, 4) is 0 Å². The molecule has 22 heavy (non-hydrogen) atoms. The van der Waals surface area contributed by atoms with Gasteiger partial charge in [-0.15, -0.1) is 0 Å². The van der Waals surface area contributed by atoms with E-state index in [1.54, 1.807) is 6.07 Å². The Morgan fingerprint density at radius 2 is 1.86 bits per heavy atom. The number of carbonyl (C=O) groups is 1. The Balaban J connectivity index is 2.23. The molecule has 0 saturated heterocycles. The summed E-state index contributed by atoms with van der Waals surface area (Å²) in [5.74, 6) is -0.268. The van der Waals surface area contributed by atoms with Gasteiger partial charge in [0.05, 0.1) is 11.6 Å². The fraction of sp³-hybridized carbons (Fsp3) is 0.278. The van der Waals surface area contributed by atoms with Gasteiger partial charge in [-0.1, -0.05) is 44.2 Å². The summed E-state index contributed by atoms with van der Waals surface area (Å²) < 4.78 is 14.0. The molecular formula is C18H19BrFNO. The van der Waals surface area contributed by atoms with E-state index in [1.807, 2.05) is 30.3 Å². The third kappa shape index (κ3) is 4.41. The predicted molar refractivity (Wildman–Crippen MR) is 90.2 cm³/mol. The van der Waals surface area contributed by atoms with Crippen LogP contribution in [-0.2, 0) is 0 Å². The lowest BCUT2D eigenvalue weighted by Crippen LogP contribution is -2.29. The third-order valence-corrected chi connectivity index (χ3v) is 4.08. The summed E-state index contributed by atoms with van der Waals surface area (Å²) in [4.78, 5) is 12.5. The second kappa shape index (κ2) is 7.54. The van der Waals surface area contributed by atoms with E-state index >= 15 is 0 Å². The van der Waals surface area contributed by atoms with E-state index in [1.165, 1.54) is 12.1 Å². The number of rotatable bonds is 5. The summed E-state index contributed by atoms with van der Waals surface area (Å²) in [5, 5.41) is 3.01. The molecule has 116 valence electrons. The van der Waals surface area contributed by atoms with Crippen molar-refractivity contribution in [1.29, 1.82) is 0 Å². The van der Waals surface area contributed by atoms with Crippen LogP contribution in [0.3, 0.4) is 0 Å². The first kappa shape index (κ1) is 16.7. The van der Waals surface area contributed by atoms with Gasteiger partial charge in [0.25, 0.3) is 5.91 Å². The summed E-state index contributed by atoms with van der Waals surface area (Å²) in [6.45, 7) is 4.22. The molecule has 4 heteroatoms. The van der Waals surface area contributed by atoms with Crippen molar-refractivity contribution in [1.82, 2.24) is 5.32 Å². The average Bonchev–Trinajstić information content (AvgIpc) is 2.49. The van der Waals surface area contributed by atoms with Gasteiger partial charge in [-0.2, -0.15) is 0 Å². The second-order valence-corrected chi connectivity index (χ2v) is 6.54. The molecule has 0 aliphatic carbocycles. The van der Waals surface area contributed by atoms with E-state index in [0.717, 1.165) is 12.0 Å². The van der Waals surface area contributed by atoms with Gasteiger partial charge in [0.15, 0.2) is 0 Å². The van der Waals surface area contributed by atoms with E-state index in [9.17, 15) is 9.18 Å². The molecule has 2 nitrogen and oxygen atoms in total. The number of hydrogen-bond donors (Lipinski definition) is 1. The SMILES string of the molecule is CC(C)CC(NC(=O)c1cc(F)ccc1Br)c1ccccc1. The summed E-state index contributed by atoms with van der Waals surface area (Å²) in [7, 11) is 0. The van der Waals surface area contributed by atoms with Crippen LogP contribution in [-0.4, -0.2) is 5.91 Å². The molecule has 0 radical (unpaired) electrons. The first-order valence-corrected chi connectivity index (χ1v) is 8.07. The molecule has 0 saturated carbocycles. The van der Waals surface area contributed by atoms with Crippen molar-refractivity contribution in [3.63, 3.8) is 0 Å². The maximum atomic E-state index is 13.4. The fourth-order valence-corrected chi connectivity index (χ4v) is 2.77. The van der Waals surface area contributed by atoms with Crippen LogP contribution in [0.1, 0.15) is 42.2 Å². The van der Waals surface area contributed by atoms with Crippen LogP contribution in [0.2, 0.25) is 0 Å². The van der Waals surface area contributed by atoms with Gasteiger partial charge >= 0.3 is 0 Å². The van der Waals surface area contributed by atoms with E-state index in [4.69, 9.17) is 0 Å². The molecule has 0 spiro atoms. The minimum atomic E-state index is -0.423. The Morgan fingerprint density at radius 3 is 2.50 bits per heavy atom. The van der Waals surface area contributed by atoms with Gasteiger partial charge < -0.3 is 5.32 Å². The normalized spacial score (nSPS) is 12.2. The highest BCUT2D eigenvalue weighted by Crippen LogP contribution is 2.23. The molecule has 0 aliphatic rings. The van der Waals surface area contributed by atoms with Crippen LogP contribution in [0.25, 0.3) is 0 Å². The van der Waals surface area contributed by atoms with Gasteiger partial charge in [-0.3, -0.25) is 4.79 Å². The highest BCUT2D eigenvalue weighted by molar-refractivity contribution is 9.10. The smallest absolute Gasteiger partial charge is 0.253 e. The van der Waals surface area contributed by atoms with Crippen molar-refractivity contribution in [2.45, 2.75) is 26.3 Å². The van der Waals surface area contributed by atoms with Crippen molar-refractivity contribution in [3.05, 3.63) is 69.9 Å². The standard InChI is InChI=1S/C18H19BrFNO/c1-12(2)10-17(13-6-4-3-5-7-13)21-18(22)15-11-14(20)8-9-16(15)19/h3-9,11-12,17H,10H2,1-2H3,(H,21,22). The van der Waals surface area contributed by atoms with E-state index in [-0.39, 0.29) is 11.9 Å². The first-order chi connectivity index (χ1) is 10.5. The minimum absolute atomic E-state index is 0.0936. The zero-order valence-corrected chi connectivity index (χ0v) is 14.2. The Morgan fingerprint density at radius 1 is 1.18 bits per heavy atom. The predicted octanol–water partition coefficient (Wildman–Crippen LogP) is 5.11. The van der Waals surface area contributed by atoms with Gasteiger partial charge in [0.2, 0.25) is 0 Å². The van der Waals surface area contributed by atoms with Crippen LogP contribution in [0, 0.1) is 11.7 Å². The highest BCUT2D eigenvalue weighted by Gasteiger charge is 2.18. The van der Waals surface area contributed by atoms with Crippen LogP contribution < -0.4 is 5.32 Å². The molecule has 2 rings (SSSR count). The maximum absolute atomic E-state index is 13.4. The zero-order valence-electron chi connectivity index (χ0n) is 12.6. The van der Waals surface area contributed by atoms with Crippen LogP contribution in [0.15, 0.2) is 53.0 Å². The Hall–Kier alpha value is -1.68. The van der Waals surface area contributed by atoms with Crippen molar-refractivity contribution in [2.75, 3.05) is 0 Å². The fourth-order valence-electron chi connectivity index (χ4n) is 2.34. The van der Waals surface area contributed by atoms with Crippen LogP contribution in [0.5, 0.6) is 0 Å². The Bertz CT molecular complexity index is 643. The molecule has 1 amide bonds.